The lowest BCUT2D eigenvalue weighted by Crippen LogP contribution is -2.33. The van der Waals surface area contributed by atoms with Gasteiger partial charge in [0.15, 0.2) is 5.17 Å². The molecule has 0 spiro atoms. The minimum atomic E-state index is -0.219. The Morgan fingerprint density at radius 2 is 1.81 bits per heavy atom. The lowest BCUT2D eigenvalue weighted by Gasteiger charge is -2.28. The zero-order valence-electron chi connectivity index (χ0n) is 11.4. The van der Waals surface area contributed by atoms with E-state index in [1.165, 1.54) is 0 Å². The van der Waals surface area contributed by atoms with Crippen molar-refractivity contribution in [3.63, 3.8) is 0 Å². The molecule has 2 aliphatic rings. The van der Waals surface area contributed by atoms with Gasteiger partial charge in [0.2, 0.25) is 0 Å². The van der Waals surface area contributed by atoms with Crippen molar-refractivity contribution in [2.45, 2.75) is 12.8 Å². The molecule has 1 aromatic carbocycles. The van der Waals surface area contributed by atoms with Gasteiger partial charge in [0, 0.05) is 31.6 Å². The standard InChI is InChI=1S/C15H15N3O2S/c16-15-17-14(20)13(21-15)9-10-1-3-11(4-2-10)18-7-5-12(19)6-8-18/h1-4,9H,5-8H2,(H2,16,17,20). The molecule has 0 atom stereocenters. The maximum Gasteiger partial charge on any atom is 0.264 e. The van der Waals surface area contributed by atoms with Gasteiger partial charge in [0.05, 0.1) is 4.91 Å². The smallest absolute Gasteiger partial charge is 0.264 e. The first kappa shape index (κ1) is 13.9. The Morgan fingerprint density at radius 1 is 1.14 bits per heavy atom. The van der Waals surface area contributed by atoms with Crippen LogP contribution in [0, 0.1) is 5.41 Å². The highest BCUT2D eigenvalue weighted by atomic mass is 32.2. The van der Waals surface area contributed by atoms with Gasteiger partial charge in [0.1, 0.15) is 5.78 Å². The van der Waals surface area contributed by atoms with Crippen molar-refractivity contribution in [1.82, 2.24) is 5.32 Å². The predicted octanol–water partition coefficient (Wildman–Crippen LogP) is 1.99. The number of amides is 1. The Labute approximate surface area is 126 Å². The molecule has 1 amide bonds. The van der Waals surface area contributed by atoms with Crippen molar-refractivity contribution in [3.05, 3.63) is 34.7 Å². The number of hydrogen-bond acceptors (Lipinski definition) is 5. The number of thioether (sulfide) groups is 1. The molecule has 3 rings (SSSR count). The topological polar surface area (TPSA) is 73.3 Å². The summed E-state index contributed by atoms with van der Waals surface area (Å²) in [6.07, 6.45) is 3.01. The van der Waals surface area contributed by atoms with Crippen molar-refractivity contribution in [2.24, 2.45) is 0 Å². The van der Waals surface area contributed by atoms with Crippen LogP contribution >= 0.6 is 11.8 Å². The number of carbonyl (C=O) groups excluding carboxylic acids is 2. The first-order chi connectivity index (χ1) is 10.1. The first-order valence-corrected chi connectivity index (χ1v) is 7.59. The van der Waals surface area contributed by atoms with Gasteiger partial charge < -0.3 is 10.2 Å². The summed E-state index contributed by atoms with van der Waals surface area (Å²) in [7, 11) is 0. The van der Waals surface area contributed by atoms with Gasteiger partial charge in [-0.2, -0.15) is 0 Å². The number of ketones is 1. The highest BCUT2D eigenvalue weighted by Gasteiger charge is 2.22. The lowest BCUT2D eigenvalue weighted by molar-refractivity contribution is -0.119. The van der Waals surface area contributed by atoms with Crippen LogP contribution in [0.2, 0.25) is 0 Å². The van der Waals surface area contributed by atoms with Crippen LogP contribution in [-0.4, -0.2) is 29.9 Å². The second-order valence-electron chi connectivity index (χ2n) is 5.01. The first-order valence-electron chi connectivity index (χ1n) is 6.78. The maximum absolute atomic E-state index is 11.6. The minimum absolute atomic E-state index is 0.167. The van der Waals surface area contributed by atoms with Gasteiger partial charge in [-0.05, 0) is 35.5 Å². The number of piperidine rings is 1. The van der Waals surface area contributed by atoms with Crippen molar-refractivity contribution in [2.75, 3.05) is 18.0 Å². The van der Waals surface area contributed by atoms with E-state index in [2.05, 4.69) is 10.2 Å². The summed E-state index contributed by atoms with van der Waals surface area (Å²) in [5, 5.41) is 10.0. The summed E-state index contributed by atoms with van der Waals surface area (Å²) in [6.45, 7) is 1.55. The highest BCUT2D eigenvalue weighted by Crippen LogP contribution is 2.26. The van der Waals surface area contributed by atoms with Crippen molar-refractivity contribution < 1.29 is 9.59 Å². The third kappa shape index (κ3) is 3.16. The molecule has 2 fully saturated rings. The molecular weight excluding hydrogens is 286 g/mol. The normalized spacial score (nSPS) is 21.0. The second-order valence-corrected chi connectivity index (χ2v) is 6.06. The molecule has 0 unspecified atom stereocenters. The van der Waals surface area contributed by atoms with Crippen LogP contribution in [0.15, 0.2) is 29.2 Å². The Balaban J connectivity index is 1.72. The lowest BCUT2D eigenvalue weighted by atomic mass is 10.1. The third-order valence-electron chi connectivity index (χ3n) is 3.54. The summed E-state index contributed by atoms with van der Waals surface area (Å²) in [4.78, 5) is 25.5. The number of rotatable bonds is 2. The Hall–Kier alpha value is -2.08. The fraction of sp³-hybridized carbons (Fsp3) is 0.267. The number of nitrogens with zero attached hydrogens (tertiary/aromatic N) is 1. The largest absolute Gasteiger partial charge is 0.371 e. The van der Waals surface area contributed by atoms with E-state index in [1.807, 2.05) is 24.3 Å². The zero-order chi connectivity index (χ0) is 14.8. The minimum Gasteiger partial charge on any atom is -0.371 e. The molecule has 6 heteroatoms. The van der Waals surface area contributed by atoms with E-state index in [1.54, 1.807) is 6.08 Å². The Morgan fingerprint density at radius 3 is 2.38 bits per heavy atom. The molecule has 2 heterocycles. The average Bonchev–Trinajstić information content (AvgIpc) is 2.79. The van der Waals surface area contributed by atoms with Gasteiger partial charge in [-0.15, -0.1) is 0 Å². The number of amidine groups is 1. The Kier molecular flexibility index (Phi) is 3.79. The molecule has 108 valence electrons. The van der Waals surface area contributed by atoms with Gasteiger partial charge in [-0.3, -0.25) is 15.0 Å². The van der Waals surface area contributed by atoms with Crippen LogP contribution in [0.4, 0.5) is 5.69 Å². The molecular formula is C15H15N3O2S. The number of hydrogen-bond donors (Lipinski definition) is 2. The summed E-state index contributed by atoms with van der Waals surface area (Å²) in [5.74, 6) is 0.114. The molecule has 5 nitrogen and oxygen atoms in total. The molecule has 2 aliphatic heterocycles. The van der Waals surface area contributed by atoms with Gasteiger partial charge in [-0.25, -0.2) is 0 Å². The van der Waals surface area contributed by atoms with E-state index in [9.17, 15) is 9.59 Å². The molecule has 1 aromatic rings. The van der Waals surface area contributed by atoms with Gasteiger partial charge >= 0.3 is 0 Å². The molecule has 2 N–H and O–H groups in total. The molecule has 2 saturated heterocycles. The van der Waals surface area contributed by atoms with Gasteiger partial charge in [-0.1, -0.05) is 12.1 Å². The van der Waals surface area contributed by atoms with E-state index >= 15 is 0 Å². The van der Waals surface area contributed by atoms with Crippen LogP contribution < -0.4 is 10.2 Å². The highest BCUT2D eigenvalue weighted by molar-refractivity contribution is 8.18. The van der Waals surface area contributed by atoms with E-state index in [0.717, 1.165) is 36.1 Å². The fourth-order valence-corrected chi connectivity index (χ4v) is 3.09. The summed E-state index contributed by atoms with van der Waals surface area (Å²) in [5.41, 5.74) is 2.03. The third-order valence-corrected chi connectivity index (χ3v) is 4.37. The number of carbonyl (C=O) groups is 2. The SMILES string of the molecule is N=C1NC(=O)C(=Cc2ccc(N3CCC(=O)CC3)cc2)S1. The van der Waals surface area contributed by atoms with E-state index in [0.29, 0.717) is 23.5 Å². The van der Waals surface area contributed by atoms with Crippen LogP contribution in [0.25, 0.3) is 6.08 Å². The molecule has 0 aromatic heterocycles. The molecule has 0 bridgehead atoms. The predicted molar refractivity (Wildman–Crippen MR) is 84.3 cm³/mol. The van der Waals surface area contributed by atoms with Crippen molar-refractivity contribution in [1.29, 1.82) is 5.41 Å². The second kappa shape index (κ2) is 5.73. The molecule has 0 aliphatic carbocycles. The number of benzene rings is 1. The molecule has 0 radical (unpaired) electrons. The van der Waals surface area contributed by atoms with Crippen LogP contribution in [-0.2, 0) is 9.59 Å². The van der Waals surface area contributed by atoms with Gasteiger partial charge in [0.25, 0.3) is 5.91 Å². The van der Waals surface area contributed by atoms with E-state index in [4.69, 9.17) is 5.41 Å². The average molecular weight is 301 g/mol. The summed E-state index contributed by atoms with van der Waals surface area (Å²) >= 11 is 1.14. The monoisotopic (exact) mass is 301 g/mol. The number of nitrogens with one attached hydrogen (secondary N) is 2. The quantitative estimate of drug-likeness (QED) is 0.819. The summed E-state index contributed by atoms with van der Waals surface area (Å²) < 4.78 is 0. The van der Waals surface area contributed by atoms with Crippen LogP contribution in [0.3, 0.4) is 0 Å². The number of Topliss-reactive ketones (excluding diaryl/α,β-unsaturated/α-hetero) is 1. The van der Waals surface area contributed by atoms with E-state index < -0.39 is 0 Å². The van der Waals surface area contributed by atoms with E-state index in [-0.39, 0.29) is 11.1 Å². The number of anilines is 1. The fourth-order valence-electron chi connectivity index (χ4n) is 2.39. The Bertz CT molecular complexity index is 627. The zero-order valence-corrected chi connectivity index (χ0v) is 12.2. The van der Waals surface area contributed by atoms with Crippen LogP contribution in [0.5, 0.6) is 0 Å². The van der Waals surface area contributed by atoms with Crippen LogP contribution in [0.1, 0.15) is 18.4 Å². The molecule has 21 heavy (non-hydrogen) atoms. The summed E-state index contributed by atoms with van der Waals surface area (Å²) in [6, 6.07) is 7.92. The maximum atomic E-state index is 11.6. The van der Waals surface area contributed by atoms with Crippen molar-refractivity contribution in [3.8, 4) is 0 Å². The molecule has 0 saturated carbocycles. The van der Waals surface area contributed by atoms with Crippen molar-refractivity contribution >= 4 is 40.4 Å².